The molecule has 1 amide bonds. The molecule has 0 spiro atoms. The van der Waals surface area contributed by atoms with E-state index in [0.29, 0.717) is 19.3 Å². The van der Waals surface area contributed by atoms with Gasteiger partial charge in [-0.05, 0) is 26.7 Å². The lowest BCUT2D eigenvalue weighted by molar-refractivity contribution is -0.122. The lowest BCUT2D eigenvalue weighted by Crippen LogP contribution is -2.55. The summed E-state index contributed by atoms with van der Waals surface area (Å²) in [5.74, 6) is -0.127. The summed E-state index contributed by atoms with van der Waals surface area (Å²) in [5, 5.41) is 14.4. The number of methoxy groups -OCH3 is 1. The van der Waals surface area contributed by atoms with Crippen LogP contribution in [-0.4, -0.2) is 35.7 Å². The van der Waals surface area contributed by atoms with Crippen LogP contribution in [0.4, 0.5) is 0 Å². The molecule has 2 atom stereocenters. The van der Waals surface area contributed by atoms with Gasteiger partial charge in [0, 0.05) is 13.5 Å². The standard InChI is InChI=1S/C11H23N3O3/c1-5-11(3,10(12)14-16)13-9(15)7-6-8(2)17-4/h8,16H,5-7H2,1-4H3,(H2,12,14)(H,13,15). The summed E-state index contributed by atoms with van der Waals surface area (Å²) in [6.07, 6.45) is 1.58. The molecule has 0 heterocycles. The normalized spacial score (nSPS) is 17.3. The minimum Gasteiger partial charge on any atom is -0.409 e. The first-order chi connectivity index (χ1) is 7.89. The van der Waals surface area contributed by atoms with Gasteiger partial charge in [0.1, 0.15) is 0 Å². The first-order valence-electron chi connectivity index (χ1n) is 5.71. The van der Waals surface area contributed by atoms with Crippen LogP contribution in [0.3, 0.4) is 0 Å². The van der Waals surface area contributed by atoms with Crippen LogP contribution in [0.5, 0.6) is 0 Å². The number of hydrogen-bond donors (Lipinski definition) is 3. The SMILES string of the molecule is CCC(C)(NC(=O)CCC(C)OC)C(N)=NO. The Hall–Kier alpha value is -1.30. The second-order valence-corrected chi connectivity index (χ2v) is 4.30. The second kappa shape index (κ2) is 7.11. The van der Waals surface area contributed by atoms with E-state index in [9.17, 15) is 4.79 Å². The van der Waals surface area contributed by atoms with E-state index in [2.05, 4.69) is 10.5 Å². The fourth-order valence-electron chi connectivity index (χ4n) is 1.27. The second-order valence-electron chi connectivity index (χ2n) is 4.30. The fourth-order valence-corrected chi connectivity index (χ4v) is 1.27. The van der Waals surface area contributed by atoms with Gasteiger partial charge in [-0.2, -0.15) is 0 Å². The highest BCUT2D eigenvalue weighted by atomic mass is 16.5. The van der Waals surface area contributed by atoms with Gasteiger partial charge in [0.05, 0.1) is 11.6 Å². The number of carbonyl (C=O) groups is 1. The number of nitrogens with one attached hydrogen (secondary N) is 1. The molecule has 0 saturated carbocycles. The number of oxime groups is 1. The average Bonchev–Trinajstić information content (AvgIpc) is 2.34. The molecule has 0 aliphatic rings. The topological polar surface area (TPSA) is 96.9 Å². The van der Waals surface area contributed by atoms with E-state index in [0.717, 1.165) is 0 Å². The Labute approximate surface area is 102 Å². The van der Waals surface area contributed by atoms with Crippen LogP contribution in [0.1, 0.15) is 40.0 Å². The Bertz CT molecular complexity index is 281. The van der Waals surface area contributed by atoms with Crippen LogP contribution in [0, 0.1) is 0 Å². The van der Waals surface area contributed by atoms with Gasteiger partial charge in [-0.25, -0.2) is 0 Å². The zero-order valence-electron chi connectivity index (χ0n) is 11.0. The van der Waals surface area contributed by atoms with Crippen LogP contribution >= 0.6 is 0 Å². The summed E-state index contributed by atoms with van der Waals surface area (Å²) in [4.78, 5) is 11.7. The summed E-state index contributed by atoms with van der Waals surface area (Å²) in [5.41, 5.74) is 4.75. The molecule has 6 nitrogen and oxygen atoms in total. The molecule has 0 aliphatic carbocycles. The van der Waals surface area contributed by atoms with E-state index in [1.54, 1.807) is 14.0 Å². The van der Waals surface area contributed by atoms with E-state index < -0.39 is 5.54 Å². The quantitative estimate of drug-likeness (QED) is 0.268. The molecule has 0 fully saturated rings. The van der Waals surface area contributed by atoms with Crippen molar-refractivity contribution < 1.29 is 14.7 Å². The highest BCUT2D eigenvalue weighted by Gasteiger charge is 2.29. The molecular formula is C11H23N3O3. The zero-order valence-corrected chi connectivity index (χ0v) is 11.0. The van der Waals surface area contributed by atoms with Crippen LogP contribution in [-0.2, 0) is 9.53 Å². The van der Waals surface area contributed by atoms with Crippen molar-refractivity contribution in [3.05, 3.63) is 0 Å². The predicted molar refractivity (Wildman–Crippen MR) is 66.0 cm³/mol. The first-order valence-corrected chi connectivity index (χ1v) is 5.71. The monoisotopic (exact) mass is 245 g/mol. The molecule has 2 unspecified atom stereocenters. The Morgan fingerprint density at radius 1 is 1.65 bits per heavy atom. The average molecular weight is 245 g/mol. The summed E-state index contributed by atoms with van der Waals surface area (Å²) >= 11 is 0. The largest absolute Gasteiger partial charge is 0.409 e. The molecular weight excluding hydrogens is 222 g/mol. The molecule has 0 aromatic rings. The molecule has 6 heteroatoms. The van der Waals surface area contributed by atoms with Crippen LogP contribution in [0.25, 0.3) is 0 Å². The van der Waals surface area contributed by atoms with Crippen molar-refractivity contribution >= 4 is 11.7 Å². The number of carbonyl (C=O) groups excluding carboxylic acids is 1. The highest BCUT2D eigenvalue weighted by Crippen LogP contribution is 2.10. The van der Waals surface area contributed by atoms with Crippen molar-refractivity contribution in [1.29, 1.82) is 0 Å². The number of nitrogens with two attached hydrogens (primary N) is 1. The van der Waals surface area contributed by atoms with Crippen molar-refractivity contribution in [2.75, 3.05) is 7.11 Å². The van der Waals surface area contributed by atoms with Gasteiger partial charge < -0.3 is 21.0 Å². The molecule has 0 radical (unpaired) electrons. The van der Waals surface area contributed by atoms with Crippen LogP contribution in [0.2, 0.25) is 0 Å². The molecule has 17 heavy (non-hydrogen) atoms. The Morgan fingerprint density at radius 2 is 2.24 bits per heavy atom. The summed E-state index contributed by atoms with van der Waals surface area (Å²) < 4.78 is 5.06. The number of hydrogen-bond acceptors (Lipinski definition) is 4. The molecule has 0 bridgehead atoms. The van der Waals surface area contributed by atoms with Gasteiger partial charge >= 0.3 is 0 Å². The molecule has 0 aliphatic heterocycles. The van der Waals surface area contributed by atoms with Gasteiger partial charge in [0.15, 0.2) is 5.84 Å². The smallest absolute Gasteiger partial charge is 0.220 e. The maximum absolute atomic E-state index is 11.7. The van der Waals surface area contributed by atoms with Crippen LogP contribution in [0.15, 0.2) is 5.16 Å². The maximum atomic E-state index is 11.7. The summed E-state index contributed by atoms with van der Waals surface area (Å²) in [6, 6.07) is 0. The lowest BCUT2D eigenvalue weighted by Gasteiger charge is -2.28. The maximum Gasteiger partial charge on any atom is 0.220 e. The van der Waals surface area contributed by atoms with Crippen molar-refractivity contribution in [3.63, 3.8) is 0 Å². The molecule has 4 N–H and O–H groups in total. The third-order valence-corrected chi connectivity index (χ3v) is 2.98. The number of amides is 1. The van der Waals surface area contributed by atoms with Gasteiger partial charge in [0.2, 0.25) is 5.91 Å². The van der Waals surface area contributed by atoms with Crippen molar-refractivity contribution in [1.82, 2.24) is 5.32 Å². The summed E-state index contributed by atoms with van der Waals surface area (Å²) in [7, 11) is 1.61. The molecule has 0 rings (SSSR count). The number of rotatable bonds is 7. The van der Waals surface area contributed by atoms with Crippen molar-refractivity contribution in [3.8, 4) is 0 Å². The Kier molecular flexibility index (Phi) is 6.57. The third kappa shape index (κ3) is 5.04. The first kappa shape index (κ1) is 15.7. The molecule has 100 valence electrons. The molecule has 0 saturated heterocycles. The van der Waals surface area contributed by atoms with E-state index >= 15 is 0 Å². The number of amidine groups is 1. The molecule has 0 aromatic heterocycles. The van der Waals surface area contributed by atoms with Gasteiger partial charge in [-0.15, -0.1) is 0 Å². The minimum absolute atomic E-state index is 0.00754. The van der Waals surface area contributed by atoms with E-state index in [1.807, 2.05) is 13.8 Å². The lowest BCUT2D eigenvalue weighted by atomic mass is 9.97. The summed E-state index contributed by atoms with van der Waals surface area (Å²) in [6.45, 7) is 5.48. The Morgan fingerprint density at radius 3 is 2.65 bits per heavy atom. The minimum atomic E-state index is -0.803. The predicted octanol–water partition coefficient (Wildman–Crippen LogP) is 0.833. The van der Waals surface area contributed by atoms with Gasteiger partial charge in [-0.3, -0.25) is 4.79 Å². The molecule has 0 aromatic carbocycles. The number of nitrogens with zero attached hydrogens (tertiary/aromatic N) is 1. The zero-order chi connectivity index (χ0) is 13.5. The van der Waals surface area contributed by atoms with Gasteiger partial charge in [0.25, 0.3) is 0 Å². The van der Waals surface area contributed by atoms with Crippen LogP contribution < -0.4 is 11.1 Å². The van der Waals surface area contributed by atoms with E-state index in [4.69, 9.17) is 15.7 Å². The van der Waals surface area contributed by atoms with Gasteiger partial charge in [-0.1, -0.05) is 12.1 Å². The van der Waals surface area contributed by atoms with Crippen molar-refractivity contribution in [2.45, 2.75) is 51.7 Å². The third-order valence-electron chi connectivity index (χ3n) is 2.98. The Balaban J connectivity index is 4.34. The van der Waals surface area contributed by atoms with E-state index in [1.165, 1.54) is 0 Å². The number of ether oxygens (including phenoxy) is 1. The van der Waals surface area contributed by atoms with Crippen molar-refractivity contribution in [2.24, 2.45) is 10.9 Å². The fraction of sp³-hybridized carbons (Fsp3) is 0.818. The highest BCUT2D eigenvalue weighted by molar-refractivity contribution is 5.93. The van der Waals surface area contributed by atoms with E-state index in [-0.39, 0.29) is 17.8 Å².